The van der Waals surface area contributed by atoms with Gasteiger partial charge in [0, 0.05) is 19.6 Å². The predicted octanol–water partition coefficient (Wildman–Crippen LogP) is 3.43. The van der Waals surface area contributed by atoms with E-state index >= 15 is 0 Å². The lowest BCUT2D eigenvalue weighted by atomic mass is 10.1. The molecular formula is C22H28N2O3S. The molecule has 1 heterocycles. The Hall–Kier alpha value is -2.18. The molecule has 0 N–H and O–H groups in total. The molecule has 0 radical (unpaired) electrons. The van der Waals surface area contributed by atoms with E-state index in [0.29, 0.717) is 29.1 Å². The van der Waals surface area contributed by atoms with E-state index in [-0.39, 0.29) is 19.0 Å². The molecule has 6 heteroatoms. The normalized spacial score (nSPS) is 14.6. The van der Waals surface area contributed by atoms with Crippen LogP contribution in [0.3, 0.4) is 0 Å². The summed E-state index contributed by atoms with van der Waals surface area (Å²) in [5.41, 5.74) is 3.31. The van der Waals surface area contributed by atoms with Crippen molar-refractivity contribution in [2.75, 3.05) is 19.6 Å². The lowest BCUT2D eigenvalue weighted by molar-refractivity contribution is -0.130. The van der Waals surface area contributed by atoms with Crippen LogP contribution in [0, 0.1) is 20.8 Å². The summed E-state index contributed by atoms with van der Waals surface area (Å²) in [6, 6.07) is 13.2. The van der Waals surface area contributed by atoms with Crippen LogP contribution in [0.5, 0.6) is 0 Å². The quantitative estimate of drug-likeness (QED) is 0.746. The van der Waals surface area contributed by atoms with Crippen molar-refractivity contribution in [3.05, 3.63) is 64.7 Å². The van der Waals surface area contributed by atoms with Gasteiger partial charge in [-0.1, -0.05) is 48.0 Å². The second kappa shape index (κ2) is 8.45. The average Bonchev–Trinajstić information content (AvgIpc) is 3.15. The number of likely N-dealkylation sites (tertiary alicyclic amines) is 1. The van der Waals surface area contributed by atoms with E-state index in [0.717, 1.165) is 24.0 Å². The minimum atomic E-state index is -3.82. The Morgan fingerprint density at radius 2 is 1.57 bits per heavy atom. The van der Waals surface area contributed by atoms with Crippen molar-refractivity contribution >= 4 is 15.9 Å². The van der Waals surface area contributed by atoms with Gasteiger partial charge in [-0.05, 0) is 50.3 Å². The molecule has 2 aromatic rings. The van der Waals surface area contributed by atoms with Crippen LogP contribution in [0.2, 0.25) is 0 Å². The molecule has 150 valence electrons. The SMILES string of the molecule is Cc1cc(C)c(S(=O)(=O)N(CC(=O)N2CCCC2)Cc2ccccc2)c(C)c1. The standard InChI is InChI=1S/C22H28N2O3S/c1-17-13-18(2)22(19(3)14-17)28(26,27)24(15-20-9-5-4-6-10-20)16-21(25)23-11-7-8-12-23/h4-6,9-10,13-14H,7-8,11-12,15-16H2,1-3H3. The van der Waals surface area contributed by atoms with Crippen LogP contribution >= 0.6 is 0 Å². The first-order chi connectivity index (χ1) is 13.3. The van der Waals surface area contributed by atoms with Gasteiger partial charge in [0.1, 0.15) is 0 Å². The summed E-state index contributed by atoms with van der Waals surface area (Å²) >= 11 is 0. The Morgan fingerprint density at radius 3 is 2.14 bits per heavy atom. The molecule has 1 fully saturated rings. The molecule has 0 atom stereocenters. The molecule has 2 aromatic carbocycles. The average molecular weight is 401 g/mol. The first-order valence-corrected chi connectivity index (χ1v) is 11.1. The van der Waals surface area contributed by atoms with Crippen LogP contribution in [0.15, 0.2) is 47.4 Å². The van der Waals surface area contributed by atoms with Crippen molar-refractivity contribution in [2.24, 2.45) is 0 Å². The van der Waals surface area contributed by atoms with Crippen molar-refractivity contribution in [3.63, 3.8) is 0 Å². The van der Waals surface area contributed by atoms with Gasteiger partial charge in [0.25, 0.3) is 0 Å². The summed E-state index contributed by atoms with van der Waals surface area (Å²) in [6.45, 7) is 7.04. The first-order valence-electron chi connectivity index (χ1n) is 9.69. The highest BCUT2D eigenvalue weighted by atomic mass is 32.2. The van der Waals surface area contributed by atoms with Crippen molar-refractivity contribution in [1.82, 2.24) is 9.21 Å². The molecular weight excluding hydrogens is 372 g/mol. The van der Waals surface area contributed by atoms with Gasteiger partial charge in [-0.25, -0.2) is 8.42 Å². The Bertz CT molecular complexity index is 926. The number of hydrogen-bond acceptors (Lipinski definition) is 3. The molecule has 0 aromatic heterocycles. The van der Waals surface area contributed by atoms with Crippen LogP contribution < -0.4 is 0 Å². The summed E-state index contributed by atoms with van der Waals surface area (Å²) < 4.78 is 28.5. The third kappa shape index (κ3) is 4.45. The number of carbonyl (C=O) groups excluding carboxylic acids is 1. The molecule has 0 spiro atoms. The minimum absolute atomic E-state index is 0.126. The maximum absolute atomic E-state index is 13.6. The molecule has 0 aliphatic carbocycles. The zero-order valence-corrected chi connectivity index (χ0v) is 17.6. The van der Waals surface area contributed by atoms with Crippen molar-refractivity contribution < 1.29 is 13.2 Å². The third-order valence-corrected chi connectivity index (χ3v) is 7.27. The van der Waals surface area contributed by atoms with Crippen LogP contribution in [0.4, 0.5) is 0 Å². The van der Waals surface area contributed by atoms with Gasteiger partial charge in [-0.2, -0.15) is 4.31 Å². The molecule has 5 nitrogen and oxygen atoms in total. The monoisotopic (exact) mass is 400 g/mol. The van der Waals surface area contributed by atoms with E-state index in [9.17, 15) is 13.2 Å². The minimum Gasteiger partial charge on any atom is -0.342 e. The highest BCUT2D eigenvalue weighted by molar-refractivity contribution is 7.89. The van der Waals surface area contributed by atoms with E-state index in [1.165, 1.54) is 4.31 Å². The Labute approximate surface area is 168 Å². The fraction of sp³-hybridized carbons (Fsp3) is 0.409. The molecule has 28 heavy (non-hydrogen) atoms. The van der Waals surface area contributed by atoms with Crippen LogP contribution in [-0.2, 0) is 21.4 Å². The van der Waals surface area contributed by atoms with Gasteiger partial charge < -0.3 is 4.90 Å². The number of benzene rings is 2. The zero-order valence-electron chi connectivity index (χ0n) is 16.8. The third-order valence-electron chi connectivity index (χ3n) is 5.17. The Balaban J connectivity index is 1.98. The lowest BCUT2D eigenvalue weighted by Crippen LogP contribution is -2.41. The summed E-state index contributed by atoms with van der Waals surface area (Å²) in [5.74, 6) is -0.126. The molecule has 0 saturated carbocycles. The molecule has 0 unspecified atom stereocenters. The van der Waals surface area contributed by atoms with E-state index < -0.39 is 10.0 Å². The highest BCUT2D eigenvalue weighted by Gasteiger charge is 2.31. The van der Waals surface area contributed by atoms with Crippen molar-refractivity contribution in [1.29, 1.82) is 0 Å². The van der Waals surface area contributed by atoms with Crippen molar-refractivity contribution in [3.8, 4) is 0 Å². The second-order valence-corrected chi connectivity index (χ2v) is 9.45. The van der Waals surface area contributed by atoms with Gasteiger partial charge in [0.2, 0.25) is 15.9 Å². The summed E-state index contributed by atoms with van der Waals surface area (Å²) in [5, 5.41) is 0. The number of sulfonamides is 1. The van der Waals surface area contributed by atoms with Crippen LogP contribution in [-0.4, -0.2) is 43.2 Å². The van der Waals surface area contributed by atoms with Gasteiger partial charge in [-0.15, -0.1) is 0 Å². The summed E-state index contributed by atoms with van der Waals surface area (Å²) in [6.07, 6.45) is 1.96. The lowest BCUT2D eigenvalue weighted by Gasteiger charge is -2.26. The van der Waals surface area contributed by atoms with E-state index in [1.807, 2.05) is 63.2 Å². The van der Waals surface area contributed by atoms with E-state index in [2.05, 4.69) is 0 Å². The largest absolute Gasteiger partial charge is 0.342 e. The highest BCUT2D eigenvalue weighted by Crippen LogP contribution is 2.26. The fourth-order valence-corrected chi connectivity index (χ4v) is 5.72. The fourth-order valence-electron chi connectivity index (χ4n) is 3.93. The number of aryl methyl sites for hydroxylation is 3. The van der Waals surface area contributed by atoms with E-state index in [4.69, 9.17) is 0 Å². The number of hydrogen-bond donors (Lipinski definition) is 0. The maximum atomic E-state index is 13.6. The van der Waals surface area contributed by atoms with Crippen LogP contribution in [0.1, 0.15) is 35.1 Å². The maximum Gasteiger partial charge on any atom is 0.244 e. The van der Waals surface area contributed by atoms with Gasteiger partial charge in [-0.3, -0.25) is 4.79 Å². The van der Waals surface area contributed by atoms with Gasteiger partial charge in [0.15, 0.2) is 0 Å². The van der Waals surface area contributed by atoms with Gasteiger partial charge >= 0.3 is 0 Å². The number of carbonyl (C=O) groups is 1. The molecule has 1 saturated heterocycles. The second-order valence-electron chi connectivity index (χ2n) is 7.57. The summed E-state index contributed by atoms with van der Waals surface area (Å²) in [4.78, 5) is 14.8. The molecule has 1 amide bonds. The summed E-state index contributed by atoms with van der Waals surface area (Å²) in [7, 11) is -3.82. The molecule has 3 rings (SSSR count). The van der Waals surface area contributed by atoms with E-state index in [1.54, 1.807) is 4.90 Å². The Kier molecular flexibility index (Phi) is 6.20. The Morgan fingerprint density at radius 1 is 1.00 bits per heavy atom. The number of amides is 1. The number of rotatable bonds is 6. The van der Waals surface area contributed by atoms with Crippen LogP contribution in [0.25, 0.3) is 0 Å². The van der Waals surface area contributed by atoms with Crippen molar-refractivity contribution in [2.45, 2.75) is 45.1 Å². The number of nitrogens with zero attached hydrogens (tertiary/aromatic N) is 2. The zero-order chi connectivity index (χ0) is 20.3. The predicted molar refractivity (Wildman–Crippen MR) is 111 cm³/mol. The smallest absolute Gasteiger partial charge is 0.244 e. The molecule has 1 aliphatic heterocycles. The molecule has 1 aliphatic rings. The topological polar surface area (TPSA) is 57.7 Å². The van der Waals surface area contributed by atoms with Gasteiger partial charge in [0.05, 0.1) is 11.4 Å². The first kappa shape index (κ1) is 20.6. The molecule has 0 bridgehead atoms.